The molecular formula is C18H31N5O. The second-order valence-corrected chi connectivity index (χ2v) is 7.46. The molecule has 0 spiro atoms. The summed E-state index contributed by atoms with van der Waals surface area (Å²) in [6.45, 7) is 9.50. The van der Waals surface area contributed by atoms with E-state index in [4.69, 9.17) is 0 Å². The van der Waals surface area contributed by atoms with E-state index in [1.807, 2.05) is 16.9 Å². The Morgan fingerprint density at radius 2 is 2.21 bits per heavy atom. The lowest BCUT2D eigenvalue weighted by Crippen LogP contribution is -2.45. The van der Waals surface area contributed by atoms with Gasteiger partial charge in [0.2, 0.25) is 0 Å². The van der Waals surface area contributed by atoms with Gasteiger partial charge in [-0.2, -0.15) is 5.10 Å². The number of likely N-dealkylation sites (tertiary alicyclic amines) is 1. The lowest BCUT2D eigenvalue weighted by molar-refractivity contribution is 0.0915. The zero-order valence-corrected chi connectivity index (χ0v) is 15.0. The topological polar surface area (TPSA) is 62.2 Å². The van der Waals surface area contributed by atoms with Gasteiger partial charge in [-0.25, -0.2) is 0 Å². The average molecular weight is 333 g/mol. The highest BCUT2D eigenvalue weighted by Crippen LogP contribution is 2.18. The highest BCUT2D eigenvalue weighted by molar-refractivity contribution is 5.92. The largest absolute Gasteiger partial charge is 0.349 e. The van der Waals surface area contributed by atoms with Crippen molar-refractivity contribution in [2.24, 2.45) is 5.92 Å². The van der Waals surface area contributed by atoms with Crippen LogP contribution in [0.4, 0.5) is 0 Å². The Balaban J connectivity index is 1.47. The van der Waals surface area contributed by atoms with E-state index in [1.54, 1.807) is 0 Å². The maximum atomic E-state index is 12.4. The second-order valence-electron chi connectivity index (χ2n) is 7.46. The lowest BCUT2D eigenvalue weighted by atomic mass is 9.98. The summed E-state index contributed by atoms with van der Waals surface area (Å²) in [4.78, 5) is 14.8. The monoisotopic (exact) mass is 333 g/mol. The van der Waals surface area contributed by atoms with E-state index in [-0.39, 0.29) is 5.91 Å². The number of nitrogens with zero attached hydrogens (tertiary/aromatic N) is 3. The molecule has 0 radical (unpaired) electrons. The number of amides is 1. The third kappa shape index (κ3) is 4.36. The van der Waals surface area contributed by atoms with Crippen LogP contribution in [-0.4, -0.2) is 59.4 Å². The summed E-state index contributed by atoms with van der Waals surface area (Å²) in [5.41, 5.74) is 0.528. The van der Waals surface area contributed by atoms with Gasteiger partial charge >= 0.3 is 0 Å². The molecule has 3 rings (SSSR count). The Morgan fingerprint density at radius 3 is 2.92 bits per heavy atom. The van der Waals surface area contributed by atoms with E-state index in [0.29, 0.717) is 24.3 Å². The fourth-order valence-electron chi connectivity index (χ4n) is 3.65. The molecule has 0 aromatic carbocycles. The molecule has 24 heavy (non-hydrogen) atoms. The quantitative estimate of drug-likeness (QED) is 0.860. The van der Waals surface area contributed by atoms with Crippen LogP contribution in [0, 0.1) is 5.92 Å². The minimum atomic E-state index is -0.0604. The summed E-state index contributed by atoms with van der Waals surface area (Å²) in [6.07, 6.45) is 6.75. The first-order chi connectivity index (χ1) is 11.6. The molecule has 6 heteroatoms. The first-order valence-corrected chi connectivity index (χ1v) is 9.41. The van der Waals surface area contributed by atoms with Crippen molar-refractivity contribution in [2.45, 2.75) is 51.6 Å². The Bertz CT molecular complexity index is 529. The number of nitrogens with one attached hydrogen (secondary N) is 2. The van der Waals surface area contributed by atoms with Gasteiger partial charge in [0.05, 0.1) is 6.04 Å². The second kappa shape index (κ2) is 8.12. The van der Waals surface area contributed by atoms with Crippen LogP contribution >= 0.6 is 0 Å². The van der Waals surface area contributed by atoms with Gasteiger partial charge in [0.15, 0.2) is 0 Å². The van der Waals surface area contributed by atoms with Crippen molar-refractivity contribution in [1.29, 1.82) is 0 Å². The number of carbonyl (C=O) groups excluding carboxylic acids is 1. The Morgan fingerprint density at radius 1 is 1.42 bits per heavy atom. The summed E-state index contributed by atoms with van der Waals surface area (Å²) in [7, 11) is 0. The summed E-state index contributed by atoms with van der Waals surface area (Å²) in [6, 6.07) is 2.58. The number of hydrogen-bond acceptors (Lipinski definition) is 4. The maximum Gasteiger partial charge on any atom is 0.271 e. The Labute approximate surface area is 145 Å². The predicted octanol–water partition coefficient (Wildman–Crippen LogP) is 1.66. The molecule has 0 aliphatic carbocycles. The van der Waals surface area contributed by atoms with Crippen molar-refractivity contribution in [3.05, 3.63) is 18.0 Å². The van der Waals surface area contributed by atoms with Crippen molar-refractivity contribution in [3.8, 4) is 0 Å². The zero-order valence-electron chi connectivity index (χ0n) is 15.0. The molecule has 2 unspecified atom stereocenters. The molecule has 1 aromatic rings. The van der Waals surface area contributed by atoms with Crippen LogP contribution in [0.25, 0.3) is 0 Å². The highest BCUT2D eigenvalue weighted by Gasteiger charge is 2.22. The van der Waals surface area contributed by atoms with Crippen molar-refractivity contribution >= 4 is 5.91 Å². The van der Waals surface area contributed by atoms with Crippen LogP contribution in [-0.2, 0) is 0 Å². The predicted molar refractivity (Wildman–Crippen MR) is 95.1 cm³/mol. The molecule has 1 amide bonds. The van der Waals surface area contributed by atoms with Crippen LogP contribution in [0.15, 0.2) is 12.3 Å². The molecule has 6 nitrogen and oxygen atoms in total. The smallest absolute Gasteiger partial charge is 0.271 e. The van der Waals surface area contributed by atoms with Crippen LogP contribution in [0.1, 0.15) is 56.1 Å². The molecular weight excluding hydrogens is 302 g/mol. The molecule has 2 aliphatic rings. The van der Waals surface area contributed by atoms with Crippen molar-refractivity contribution in [1.82, 2.24) is 25.3 Å². The van der Waals surface area contributed by atoms with E-state index < -0.39 is 0 Å². The van der Waals surface area contributed by atoms with E-state index >= 15 is 0 Å². The number of piperidine rings is 2. The minimum absolute atomic E-state index is 0.0604. The average Bonchev–Trinajstić information content (AvgIpc) is 3.11. The van der Waals surface area contributed by atoms with E-state index in [9.17, 15) is 4.79 Å². The summed E-state index contributed by atoms with van der Waals surface area (Å²) < 4.78 is 1.94. The minimum Gasteiger partial charge on any atom is -0.349 e. The lowest BCUT2D eigenvalue weighted by Gasteiger charge is -2.34. The van der Waals surface area contributed by atoms with Crippen LogP contribution in [0.3, 0.4) is 0 Å². The number of aromatic nitrogens is 2. The van der Waals surface area contributed by atoms with Crippen molar-refractivity contribution in [2.75, 3.05) is 32.7 Å². The van der Waals surface area contributed by atoms with Gasteiger partial charge in [-0.05, 0) is 64.2 Å². The molecule has 134 valence electrons. The van der Waals surface area contributed by atoms with E-state index in [2.05, 4.69) is 34.5 Å². The number of hydrogen-bond donors (Lipinski definition) is 2. The Hall–Kier alpha value is -1.40. The fraction of sp³-hybridized carbons (Fsp3) is 0.778. The first kappa shape index (κ1) is 17.4. The van der Waals surface area contributed by atoms with E-state index in [0.717, 1.165) is 44.9 Å². The normalized spacial score (nSPS) is 24.7. The van der Waals surface area contributed by atoms with Gasteiger partial charge in [-0.15, -0.1) is 0 Å². The number of rotatable bonds is 5. The molecule has 0 bridgehead atoms. The van der Waals surface area contributed by atoms with Crippen LogP contribution in [0.2, 0.25) is 0 Å². The molecule has 0 saturated carbocycles. The summed E-state index contributed by atoms with van der Waals surface area (Å²) in [5, 5.41) is 10.9. The molecule has 2 aliphatic heterocycles. The van der Waals surface area contributed by atoms with Gasteiger partial charge in [0.25, 0.3) is 5.91 Å². The molecule has 2 N–H and O–H groups in total. The van der Waals surface area contributed by atoms with Crippen molar-refractivity contribution < 1.29 is 4.79 Å². The zero-order chi connectivity index (χ0) is 16.9. The third-order valence-electron chi connectivity index (χ3n) is 5.49. The van der Waals surface area contributed by atoms with Crippen molar-refractivity contribution in [3.63, 3.8) is 0 Å². The van der Waals surface area contributed by atoms with Crippen LogP contribution in [0.5, 0.6) is 0 Å². The summed E-state index contributed by atoms with van der Waals surface area (Å²) >= 11 is 0. The van der Waals surface area contributed by atoms with Gasteiger partial charge in [-0.3, -0.25) is 14.4 Å². The van der Waals surface area contributed by atoms with Gasteiger partial charge in [0, 0.05) is 25.3 Å². The Kier molecular flexibility index (Phi) is 5.89. The molecule has 1 aromatic heterocycles. The molecule has 2 saturated heterocycles. The summed E-state index contributed by atoms with van der Waals surface area (Å²) in [5.74, 6) is 0.774. The van der Waals surface area contributed by atoms with Gasteiger partial charge in [0.1, 0.15) is 5.69 Å². The van der Waals surface area contributed by atoms with E-state index in [1.165, 1.54) is 12.8 Å². The number of carbonyl (C=O) groups is 1. The fourth-order valence-corrected chi connectivity index (χ4v) is 3.65. The maximum absolute atomic E-state index is 12.4. The van der Waals surface area contributed by atoms with Gasteiger partial charge in [-0.1, -0.05) is 6.92 Å². The molecule has 3 heterocycles. The van der Waals surface area contributed by atoms with Crippen LogP contribution < -0.4 is 10.6 Å². The van der Waals surface area contributed by atoms with Gasteiger partial charge < -0.3 is 10.6 Å². The molecule has 2 atom stereocenters. The standard InChI is InChI=1S/C18H31N5O/c1-14-5-9-22(10-6-14)15(2)12-20-18(24)17-7-11-23(21-17)16-4-3-8-19-13-16/h7,11,14-16,19H,3-6,8-10,12-13H2,1-2H3,(H,20,24). The SMILES string of the molecule is CC1CCN(C(C)CNC(=O)c2ccn(C3CCCNC3)n2)CC1. The highest BCUT2D eigenvalue weighted by atomic mass is 16.1. The first-order valence-electron chi connectivity index (χ1n) is 9.41. The third-order valence-corrected chi connectivity index (χ3v) is 5.49. The molecule has 2 fully saturated rings.